The monoisotopic (exact) mass is 344 g/mol. The van der Waals surface area contributed by atoms with Gasteiger partial charge in [0.25, 0.3) is 0 Å². The Morgan fingerprint density at radius 3 is 2.38 bits per heavy atom. The van der Waals surface area contributed by atoms with Crippen molar-refractivity contribution in [2.45, 2.75) is 19.4 Å². The summed E-state index contributed by atoms with van der Waals surface area (Å²) in [5.74, 6) is -0.114. The second-order valence-corrected chi connectivity index (χ2v) is 4.53. The van der Waals surface area contributed by atoms with E-state index in [2.05, 4.69) is 19.6 Å². The van der Waals surface area contributed by atoms with Crippen LogP contribution >= 0.6 is 0 Å². The Morgan fingerprint density at radius 1 is 1.04 bits per heavy atom. The fourth-order valence-corrected chi connectivity index (χ4v) is 1.54. The first-order valence-electron chi connectivity index (χ1n) is 6.98. The molecule has 1 unspecified atom stereocenters. The van der Waals surface area contributed by atoms with E-state index >= 15 is 0 Å². The number of ether oxygens (including phenoxy) is 4. The number of rotatable bonds is 9. The van der Waals surface area contributed by atoms with Crippen LogP contribution in [0.3, 0.4) is 0 Å². The Balaban J connectivity index is 2.37. The summed E-state index contributed by atoms with van der Waals surface area (Å²) < 4.78 is 19.7. The Hall–Kier alpha value is -2.52. The topological polar surface area (TPSA) is 98.8 Å². The van der Waals surface area contributed by atoms with Crippen LogP contribution < -0.4 is 9.47 Å². The lowest BCUT2D eigenvalue weighted by molar-refractivity contribution is -0.452. The summed E-state index contributed by atoms with van der Waals surface area (Å²) in [6, 6.07) is 4.33. The first-order valence-corrected chi connectivity index (χ1v) is 6.98. The van der Waals surface area contributed by atoms with Crippen molar-refractivity contribution in [3.8, 4) is 11.5 Å². The molecule has 1 atom stereocenters. The largest absolute Gasteiger partial charge is 0.543 e. The molecular formula is C15H20O9. The van der Waals surface area contributed by atoms with Gasteiger partial charge in [0, 0.05) is 13.5 Å². The van der Waals surface area contributed by atoms with Crippen molar-refractivity contribution in [3.05, 3.63) is 23.8 Å². The van der Waals surface area contributed by atoms with Gasteiger partial charge >= 0.3 is 12.1 Å². The first kappa shape index (κ1) is 19.5. The lowest BCUT2D eigenvalue weighted by Crippen LogP contribution is -2.15. The van der Waals surface area contributed by atoms with Crippen molar-refractivity contribution in [1.29, 1.82) is 0 Å². The lowest BCUT2D eigenvalue weighted by atomic mass is 10.2. The maximum Gasteiger partial charge on any atom is 0.543 e. The fourth-order valence-electron chi connectivity index (χ4n) is 1.54. The van der Waals surface area contributed by atoms with Crippen LogP contribution in [-0.4, -0.2) is 46.2 Å². The first-order chi connectivity index (χ1) is 11.5. The molecule has 0 heterocycles. The molecule has 0 amide bonds. The van der Waals surface area contributed by atoms with Crippen LogP contribution in [0.15, 0.2) is 18.2 Å². The van der Waals surface area contributed by atoms with Gasteiger partial charge < -0.3 is 18.9 Å². The van der Waals surface area contributed by atoms with E-state index < -0.39 is 12.1 Å². The van der Waals surface area contributed by atoms with Gasteiger partial charge in [-0.2, -0.15) is 0 Å². The van der Waals surface area contributed by atoms with Crippen LogP contribution in [0.1, 0.15) is 23.7 Å². The van der Waals surface area contributed by atoms with E-state index in [1.165, 1.54) is 32.4 Å². The van der Waals surface area contributed by atoms with Crippen LogP contribution in [0.5, 0.6) is 11.5 Å². The molecule has 0 saturated carbocycles. The number of hydrogen-bond acceptors (Lipinski definition) is 9. The van der Waals surface area contributed by atoms with Gasteiger partial charge in [-0.05, 0) is 25.1 Å². The van der Waals surface area contributed by atoms with Gasteiger partial charge in [0.1, 0.15) is 0 Å². The summed E-state index contributed by atoms with van der Waals surface area (Å²) >= 11 is 0. The van der Waals surface area contributed by atoms with E-state index in [4.69, 9.17) is 14.2 Å². The summed E-state index contributed by atoms with van der Waals surface area (Å²) in [5.41, 5.74) is 0.110. The summed E-state index contributed by atoms with van der Waals surface area (Å²) in [7, 11) is 4.43. The number of carbonyl (C=O) groups excluding carboxylic acids is 2. The summed E-state index contributed by atoms with van der Waals surface area (Å²) in [4.78, 5) is 31.4. The van der Waals surface area contributed by atoms with Crippen molar-refractivity contribution in [2.75, 3.05) is 27.9 Å². The molecule has 0 saturated heterocycles. The standard InChI is InChI=1S/C15H20O9/c1-10(18-2)7-8-21-15(17)23-24-22-14(16)11-5-6-12(19-3)13(9-11)20-4/h5-6,9-10H,7-8H2,1-4H3. The number of methoxy groups -OCH3 is 3. The smallest absolute Gasteiger partial charge is 0.493 e. The maximum atomic E-state index is 11.7. The van der Waals surface area contributed by atoms with E-state index in [1.807, 2.05) is 6.92 Å². The SMILES string of the molecule is COc1ccc(C(=O)OOOC(=O)OCCC(C)OC)cc1OC. The Morgan fingerprint density at radius 2 is 1.75 bits per heavy atom. The Labute approximate surface area is 139 Å². The molecule has 0 spiro atoms. The van der Waals surface area contributed by atoms with Crippen LogP contribution in [0.25, 0.3) is 0 Å². The molecule has 0 N–H and O–H groups in total. The normalized spacial score (nSPS) is 11.3. The highest BCUT2D eigenvalue weighted by atomic mass is 17.5. The van der Waals surface area contributed by atoms with E-state index in [0.29, 0.717) is 17.9 Å². The molecule has 0 radical (unpaired) electrons. The number of hydrogen-bond donors (Lipinski definition) is 0. The highest BCUT2D eigenvalue weighted by molar-refractivity contribution is 5.89. The highest BCUT2D eigenvalue weighted by Gasteiger charge is 2.15. The second-order valence-electron chi connectivity index (χ2n) is 4.53. The third-order valence-electron chi connectivity index (χ3n) is 2.98. The molecule has 1 aromatic carbocycles. The lowest BCUT2D eigenvalue weighted by Gasteiger charge is -2.09. The average molecular weight is 344 g/mol. The van der Waals surface area contributed by atoms with E-state index in [1.54, 1.807) is 7.11 Å². The van der Waals surface area contributed by atoms with Crippen molar-refractivity contribution >= 4 is 12.1 Å². The molecule has 1 rings (SSSR count). The van der Waals surface area contributed by atoms with Crippen LogP contribution in [0, 0.1) is 0 Å². The minimum absolute atomic E-state index is 0.0680. The summed E-state index contributed by atoms with van der Waals surface area (Å²) in [5, 5.41) is 4.10. The van der Waals surface area contributed by atoms with Gasteiger partial charge in [-0.1, -0.05) is 0 Å². The molecule has 0 bridgehead atoms. The van der Waals surface area contributed by atoms with Crippen LogP contribution in [-0.2, 0) is 24.3 Å². The van der Waals surface area contributed by atoms with Gasteiger partial charge in [0.05, 0.1) is 37.5 Å². The molecule has 0 fully saturated rings. The molecule has 0 aliphatic carbocycles. The van der Waals surface area contributed by atoms with E-state index in [-0.39, 0.29) is 18.3 Å². The highest BCUT2D eigenvalue weighted by Crippen LogP contribution is 2.27. The summed E-state index contributed by atoms with van der Waals surface area (Å²) in [6.07, 6.45) is -0.725. The zero-order chi connectivity index (χ0) is 17.9. The van der Waals surface area contributed by atoms with Gasteiger partial charge in [-0.25, -0.2) is 14.5 Å². The Bertz CT molecular complexity index is 544. The zero-order valence-corrected chi connectivity index (χ0v) is 13.9. The zero-order valence-electron chi connectivity index (χ0n) is 13.9. The van der Waals surface area contributed by atoms with E-state index in [0.717, 1.165) is 0 Å². The van der Waals surface area contributed by atoms with Crippen LogP contribution in [0.2, 0.25) is 0 Å². The molecular weight excluding hydrogens is 324 g/mol. The third-order valence-corrected chi connectivity index (χ3v) is 2.98. The Kier molecular flexibility index (Phi) is 8.37. The molecule has 1 aromatic rings. The molecule has 9 heteroatoms. The predicted molar refractivity (Wildman–Crippen MR) is 79.6 cm³/mol. The van der Waals surface area contributed by atoms with Crippen LogP contribution in [0.4, 0.5) is 4.79 Å². The fraction of sp³-hybridized carbons (Fsp3) is 0.467. The van der Waals surface area contributed by atoms with Gasteiger partial charge in [-0.15, -0.1) is 0 Å². The number of benzene rings is 1. The van der Waals surface area contributed by atoms with Crippen molar-refractivity contribution < 1.29 is 43.3 Å². The number of carbonyl (C=O) groups is 2. The van der Waals surface area contributed by atoms with Gasteiger partial charge in [0.2, 0.25) is 0 Å². The van der Waals surface area contributed by atoms with E-state index in [9.17, 15) is 9.59 Å². The van der Waals surface area contributed by atoms with Crippen molar-refractivity contribution in [3.63, 3.8) is 0 Å². The maximum absolute atomic E-state index is 11.7. The van der Waals surface area contributed by atoms with Crippen molar-refractivity contribution in [2.24, 2.45) is 0 Å². The van der Waals surface area contributed by atoms with Gasteiger partial charge in [0.15, 0.2) is 11.5 Å². The molecule has 134 valence electrons. The molecule has 0 aliphatic rings. The minimum Gasteiger partial charge on any atom is -0.493 e. The van der Waals surface area contributed by atoms with Crippen molar-refractivity contribution in [1.82, 2.24) is 0 Å². The minimum atomic E-state index is -1.14. The summed E-state index contributed by atoms with van der Waals surface area (Å²) in [6.45, 7) is 1.89. The van der Waals surface area contributed by atoms with Gasteiger partial charge in [-0.3, -0.25) is 4.89 Å². The molecule has 0 aromatic heterocycles. The second kappa shape index (κ2) is 10.3. The molecule has 0 aliphatic heterocycles. The third kappa shape index (κ3) is 6.31. The molecule has 9 nitrogen and oxygen atoms in total. The predicted octanol–water partition coefficient (Wildman–Crippen LogP) is 2.29. The molecule has 24 heavy (non-hydrogen) atoms. The average Bonchev–Trinajstić information content (AvgIpc) is 2.60. The quantitative estimate of drug-likeness (QED) is 0.379.